The molecule has 0 bridgehead atoms. The van der Waals surface area contributed by atoms with Crippen LogP contribution in [0.25, 0.3) is 5.65 Å². The van der Waals surface area contributed by atoms with Crippen LogP contribution in [-0.2, 0) is 9.59 Å². The average molecular weight is 361 g/mol. The molecule has 0 aliphatic rings. The van der Waals surface area contributed by atoms with E-state index >= 15 is 0 Å². The molecular formula is C12H10F3N5O5. The molecule has 0 aromatic carbocycles. The minimum Gasteiger partial charge on any atom is -0.480 e. The number of alkyl halides is 3. The van der Waals surface area contributed by atoms with Crippen molar-refractivity contribution >= 4 is 35.1 Å². The van der Waals surface area contributed by atoms with Crippen LogP contribution in [0.1, 0.15) is 10.4 Å². The Bertz CT molecular complexity index is 863. The number of nitrogens with one attached hydrogen (secondary N) is 1. The van der Waals surface area contributed by atoms with Crippen molar-refractivity contribution in [1.82, 2.24) is 14.6 Å². The maximum absolute atomic E-state index is 12.2. The van der Waals surface area contributed by atoms with Gasteiger partial charge in [0.25, 0.3) is 0 Å². The SMILES string of the molecule is CN(CC(=O)O)c1cn2nc(NC(=O)C(F)(F)F)nc2cc1C(=O)O. The van der Waals surface area contributed by atoms with Crippen LogP contribution < -0.4 is 10.2 Å². The van der Waals surface area contributed by atoms with Crippen LogP contribution >= 0.6 is 0 Å². The van der Waals surface area contributed by atoms with Crippen molar-refractivity contribution in [1.29, 1.82) is 0 Å². The van der Waals surface area contributed by atoms with Gasteiger partial charge in [-0.3, -0.25) is 14.9 Å². The van der Waals surface area contributed by atoms with Gasteiger partial charge < -0.3 is 15.1 Å². The Balaban J connectivity index is 2.46. The van der Waals surface area contributed by atoms with Crippen LogP contribution in [0.2, 0.25) is 0 Å². The standard InChI is InChI=1S/C12H10F3N5O5/c1-19(4-8(21)22)6-3-20-7(2-5(6)9(23)24)16-11(18-20)17-10(25)12(13,14)15/h2-3H,4H2,1H3,(H,21,22)(H,23,24)(H,17,18,25). The number of fused-ring (bicyclic) bond motifs is 1. The first kappa shape index (κ1) is 18.0. The first-order valence-electron chi connectivity index (χ1n) is 6.44. The predicted octanol–water partition coefficient (Wildman–Crippen LogP) is 0.449. The van der Waals surface area contributed by atoms with Crippen LogP contribution in [0.4, 0.5) is 24.8 Å². The summed E-state index contributed by atoms with van der Waals surface area (Å²) in [5.74, 6) is -5.60. The van der Waals surface area contributed by atoms with E-state index in [0.29, 0.717) is 0 Å². The molecule has 0 spiro atoms. The normalized spacial score (nSPS) is 11.4. The fourth-order valence-electron chi connectivity index (χ4n) is 1.91. The number of carbonyl (C=O) groups excluding carboxylic acids is 1. The zero-order valence-electron chi connectivity index (χ0n) is 12.4. The van der Waals surface area contributed by atoms with Gasteiger partial charge in [0.2, 0.25) is 5.95 Å². The van der Waals surface area contributed by atoms with Crippen LogP contribution in [0.3, 0.4) is 0 Å². The van der Waals surface area contributed by atoms with Crippen LogP contribution in [0, 0.1) is 0 Å². The molecule has 2 rings (SSSR count). The maximum atomic E-state index is 12.2. The second kappa shape index (κ2) is 6.26. The van der Waals surface area contributed by atoms with Crippen molar-refractivity contribution in [3.8, 4) is 0 Å². The van der Waals surface area contributed by atoms with Crippen molar-refractivity contribution in [3.05, 3.63) is 17.8 Å². The van der Waals surface area contributed by atoms with Crippen molar-refractivity contribution in [2.45, 2.75) is 6.18 Å². The molecular weight excluding hydrogens is 351 g/mol. The van der Waals surface area contributed by atoms with E-state index in [-0.39, 0.29) is 16.9 Å². The molecule has 0 saturated carbocycles. The van der Waals surface area contributed by atoms with Gasteiger partial charge in [0, 0.05) is 7.05 Å². The molecule has 0 unspecified atom stereocenters. The summed E-state index contributed by atoms with van der Waals surface area (Å²) >= 11 is 0. The Morgan fingerprint density at radius 3 is 2.48 bits per heavy atom. The molecule has 0 fully saturated rings. The topological polar surface area (TPSA) is 137 Å². The summed E-state index contributed by atoms with van der Waals surface area (Å²) in [4.78, 5) is 37.7. The Labute approximate surface area is 136 Å². The van der Waals surface area contributed by atoms with E-state index in [4.69, 9.17) is 5.11 Å². The number of carboxylic acid groups (broad SMARTS) is 2. The van der Waals surface area contributed by atoms with Crippen molar-refractivity contribution in [2.24, 2.45) is 0 Å². The summed E-state index contributed by atoms with van der Waals surface area (Å²) in [6.07, 6.45) is -4.06. The van der Waals surface area contributed by atoms with Gasteiger partial charge in [0.05, 0.1) is 17.4 Å². The van der Waals surface area contributed by atoms with Crippen LogP contribution in [0.15, 0.2) is 12.3 Å². The zero-order chi connectivity index (χ0) is 18.9. The van der Waals surface area contributed by atoms with Gasteiger partial charge >= 0.3 is 24.0 Å². The Kier molecular flexibility index (Phi) is 4.50. The van der Waals surface area contributed by atoms with Gasteiger partial charge in [-0.15, -0.1) is 5.10 Å². The lowest BCUT2D eigenvalue weighted by Gasteiger charge is -2.18. The summed E-state index contributed by atoms with van der Waals surface area (Å²) in [6, 6.07) is 0.992. The quantitative estimate of drug-likeness (QED) is 0.698. The Morgan fingerprint density at radius 1 is 1.32 bits per heavy atom. The number of aromatic nitrogens is 3. The maximum Gasteiger partial charge on any atom is 0.471 e. The summed E-state index contributed by atoms with van der Waals surface area (Å²) in [7, 11) is 1.31. The number of nitrogens with zero attached hydrogens (tertiary/aromatic N) is 4. The lowest BCUT2D eigenvalue weighted by molar-refractivity contribution is -0.167. The first-order chi connectivity index (χ1) is 11.5. The third kappa shape index (κ3) is 3.94. The molecule has 0 radical (unpaired) electrons. The molecule has 25 heavy (non-hydrogen) atoms. The van der Waals surface area contributed by atoms with Crippen LogP contribution in [-0.4, -0.2) is 62.4 Å². The summed E-state index contributed by atoms with van der Waals surface area (Å²) in [5, 5.41) is 23.0. The number of rotatable bonds is 5. The third-order valence-corrected chi connectivity index (χ3v) is 2.95. The molecule has 1 amide bonds. The molecule has 2 heterocycles. The molecule has 3 N–H and O–H groups in total. The summed E-state index contributed by atoms with van der Waals surface area (Å²) in [6.45, 7) is -0.530. The lowest BCUT2D eigenvalue weighted by Crippen LogP contribution is -2.30. The highest BCUT2D eigenvalue weighted by Gasteiger charge is 2.39. The van der Waals surface area contributed by atoms with E-state index in [1.165, 1.54) is 12.4 Å². The van der Waals surface area contributed by atoms with E-state index in [0.717, 1.165) is 21.7 Å². The van der Waals surface area contributed by atoms with Gasteiger partial charge in [-0.2, -0.15) is 18.2 Å². The van der Waals surface area contributed by atoms with Crippen LogP contribution in [0.5, 0.6) is 0 Å². The molecule has 0 aliphatic carbocycles. The smallest absolute Gasteiger partial charge is 0.471 e. The predicted molar refractivity (Wildman–Crippen MR) is 75.5 cm³/mol. The zero-order valence-corrected chi connectivity index (χ0v) is 12.4. The molecule has 13 heteroatoms. The van der Waals surface area contributed by atoms with Gasteiger partial charge in [0.15, 0.2) is 5.65 Å². The van der Waals surface area contributed by atoms with Gasteiger partial charge in [0.1, 0.15) is 6.54 Å². The fraction of sp³-hybridized carbons (Fsp3) is 0.250. The third-order valence-electron chi connectivity index (χ3n) is 2.95. The highest BCUT2D eigenvalue weighted by Crippen LogP contribution is 2.22. The number of pyridine rings is 1. The molecule has 2 aromatic rings. The largest absolute Gasteiger partial charge is 0.480 e. The number of carbonyl (C=O) groups is 3. The molecule has 0 saturated heterocycles. The molecule has 134 valence electrons. The number of anilines is 2. The lowest BCUT2D eigenvalue weighted by atomic mass is 10.2. The van der Waals surface area contributed by atoms with Gasteiger partial charge in [-0.25, -0.2) is 9.31 Å². The minimum absolute atomic E-state index is 0.0546. The second-order valence-corrected chi connectivity index (χ2v) is 4.82. The number of aliphatic carboxylic acids is 1. The number of hydrogen-bond donors (Lipinski definition) is 3. The number of hydrogen-bond acceptors (Lipinski definition) is 6. The van der Waals surface area contributed by atoms with Gasteiger partial charge in [-0.1, -0.05) is 0 Å². The molecule has 2 aromatic heterocycles. The first-order valence-corrected chi connectivity index (χ1v) is 6.44. The number of likely N-dealkylation sites (N-methyl/N-ethyl adjacent to an activating group) is 1. The highest BCUT2D eigenvalue weighted by molar-refractivity contribution is 5.96. The Hall–Kier alpha value is -3.38. The molecule has 10 nitrogen and oxygen atoms in total. The second-order valence-electron chi connectivity index (χ2n) is 4.82. The summed E-state index contributed by atoms with van der Waals surface area (Å²) in [5.41, 5.74) is -0.541. The number of carboxylic acids is 2. The van der Waals surface area contributed by atoms with E-state index in [2.05, 4.69) is 10.1 Å². The number of amides is 1. The minimum atomic E-state index is -5.14. The number of halogens is 3. The Morgan fingerprint density at radius 2 is 1.96 bits per heavy atom. The van der Waals surface area contributed by atoms with E-state index in [1.54, 1.807) is 0 Å². The van der Waals surface area contributed by atoms with Crippen molar-refractivity contribution < 1.29 is 37.8 Å². The number of aromatic carboxylic acids is 1. The molecule has 0 aliphatic heterocycles. The van der Waals surface area contributed by atoms with Crippen molar-refractivity contribution in [2.75, 3.05) is 23.8 Å². The molecule has 0 atom stereocenters. The average Bonchev–Trinajstić information content (AvgIpc) is 2.85. The van der Waals surface area contributed by atoms with Gasteiger partial charge in [-0.05, 0) is 6.07 Å². The van der Waals surface area contributed by atoms with E-state index in [9.17, 15) is 32.7 Å². The van der Waals surface area contributed by atoms with E-state index in [1.807, 2.05) is 0 Å². The fourth-order valence-corrected chi connectivity index (χ4v) is 1.91. The highest BCUT2D eigenvalue weighted by atomic mass is 19.4. The summed E-state index contributed by atoms with van der Waals surface area (Å²) < 4.78 is 37.6. The van der Waals surface area contributed by atoms with Crippen molar-refractivity contribution in [3.63, 3.8) is 0 Å². The van der Waals surface area contributed by atoms with E-state index < -0.39 is 36.5 Å². The monoisotopic (exact) mass is 361 g/mol.